The molecule has 4 nitrogen and oxygen atoms in total. The van der Waals surface area contributed by atoms with Crippen molar-refractivity contribution in [3.63, 3.8) is 0 Å². The van der Waals surface area contributed by atoms with Crippen molar-refractivity contribution in [2.24, 2.45) is 0 Å². The summed E-state index contributed by atoms with van der Waals surface area (Å²) in [5.41, 5.74) is 0.220. The van der Waals surface area contributed by atoms with Gasteiger partial charge in [-0.2, -0.15) is 0 Å². The van der Waals surface area contributed by atoms with Crippen molar-refractivity contribution >= 4 is 0 Å². The maximum atomic E-state index is 6.34. The van der Waals surface area contributed by atoms with Gasteiger partial charge in [0.1, 0.15) is 0 Å². The molecule has 4 fully saturated rings. The molecule has 22 heavy (non-hydrogen) atoms. The third-order valence-corrected chi connectivity index (χ3v) is 6.59. The molecule has 0 bridgehead atoms. The number of hydrogen-bond acceptors (Lipinski definition) is 4. The summed E-state index contributed by atoms with van der Waals surface area (Å²) in [6.07, 6.45) is 9.41. The molecule has 1 spiro atoms. The van der Waals surface area contributed by atoms with E-state index in [4.69, 9.17) is 4.74 Å². The average Bonchev–Trinajstić information content (AvgIpc) is 3.11. The fourth-order valence-corrected chi connectivity index (χ4v) is 4.68. The van der Waals surface area contributed by atoms with Crippen LogP contribution < -0.4 is 0 Å². The van der Waals surface area contributed by atoms with Crippen LogP contribution in [0.3, 0.4) is 0 Å². The molecular formula is C18H33N3O. The summed E-state index contributed by atoms with van der Waals surface area (Å²) in [7, 11) is 2.32. The van der Waals surface area contributed by atoms with Crippen molar-refractivity contribution in [2.75, 3.05) is 52.9 Å². The fraction of sp³-hybridized carbons (Fsp3) is 1.00. The third kappa shape index (κ3) is 3.35. The molecule has 3 saturated heterocycles. The Hall–Kier alpha value is -0.160. The number of hydrogen-bond donors (Lipinski definition) is 0. The molecule has 0 N–H and O–H groups in total. The van der Waals surface area contributed by atoms with Gasteiger partial charge in [0.25, 0.3) is 0 Å². The van der Waals surface area contributed by atoms with Crippen LogP contribution in [0.4, 0.5) is 0 Å². The molecule has 0 aromatic rings. The number of nitrogens with zero attached hydrogens (tertiary/aromatic N) is 3. The fourth-order valence-electron chi connectivity index (χ4n) is 4.68. The minimum atomic E-state index is 0.220. The van der Waals surface area contributed by atoms with Crippen molar-refractivity contribution < 1.29 is 4.74 Å². The van der Waals surface area contributed by atoms with Crippen molar-refractivity contribution in [1.82, 2.24) is 14.7 Å². The van der Waals surface area contributed by atoms with E-state index in [9.17, 15) is 0 Å². The summed E-state index contributed by atoms with van der Waals surface area (Å²) in [6.45, 7) is 8.66. The topological polar surface area (TPSA) is 19.0 Å². The lowest BCUT2D eigenvalue weighted by atomic mass is 9.87. The number of rotatable bonds is 5. The first-order valence-electron chi connectivity index (χ1n) is 9.55. The van der Waals surface area contributed by atoms with Gasteiger partial charge in [-0.1, -0.05) is 0 Å². The first-order chi connectivity index (χ1) is 10.7. The van der Waals surface area contributed by atoms with Crippen LogP contribution in [0, 0.1) is 0 Å². The number of likely N-dealkylation sites (tertiary alicyclic amines) is 2. The Balaban J connectivity index is 1.21. The van der Waals surface area contributed by atoms with Crippen molar-refractivity contribution in [2.45, 2.75) is 62.6 Å². The second-order valence-corrected chi connectivity index (χ2v) is 8.14. The summed E-state index contributed by atoms with van der Waals surface area (Å²) in [5.74, 6) is 0. The van der Waals surface area contributed by atoms with E-state index in [0.29, 0.717) is 6.04 Å². The molecule has 0 amide bonds. The van der Waals surface area contributed by atoms with Crippen LogP contribution in [-0.2, 0) is 4.74 Å². The minimum absolute atomic E-state index is 0.220. The summed E-state index contributed by atoms with van der Waals surface area (Å²) in [6, 6.07) is 1.55. The SMILES string of the molecule is CN(C1CC1)C1COC2(CCN(CCN3CCCC3)CC2)C1. The number of piperidine rings is 1. The van der Waals surface area contributed by atoms with Gasteiger partial charge < -0.3 is 14.5 Å². The zero-order chi connectivity index (χ0) is 15.0. The highest BCUT2D eigenvalue weighted by molar-refractivity contribution is 4.99. The van der Waals surface area contributed by atoms with Gasteiger partial charge in [0.2, 0.25) is 0 Å². The highest BCUT2D eigenvalue weighted by Crippen LogP contribution is 2.39. The third-order valence-electron chi connectivity index (χ3n) is 6.59. The second kappa shape index (κ2) is 6.39. The smallest absolute Gasteiger partial charge is 0.0723 e. The molecule has 4 aliphatic rings. The molecule has 3 aliphatic heterocycles. The summed E-state index contributed by atoms with van der Waals surface area (Å²) >= 11 is 0. The molecule has 4 heteroatoms. The van der Waals surface area contributed by atoms with Gasteiger partial charge in [0, 0.05) is 38.3 Å². The van der Waals surface area contributed by atoms with E-state index in [2.05, 4.69) is 21.7 Å². The minimum Gasteiger partial charge on any atom is -0.373 e. The van der Waals surface area contributed by atoms with Crippen LogP contribution in [0.5, 0.6) is 0 Å². The number of likely N-dealkylation sites (N-methyl/N-ethyl adjacent to an activating group) is 1. The zero-order valence-corrected chi connectivity index (χ0v) is 14.3. The van der Waals surface area contributed by atoms with Gasteiger partial charge in [-0.15, -0.1) is 0 Å². The largest absolute Gasteiger partial charge is 0.373 e. The van der Waals surface area contributed by atoms with Gasteiger partial charge in [-0.05, 0) is 65.1 Å². The standard InChI is InChI=1S/C18H33N3O/c1-19(16-4-5-16)17-14-18(22-15-17)6-10-21(11-7-18)13-12-20-8-2-3-9-20/h16-17H,2-15H2,1H3. The quantitative estimate of drug-likeness (QED) is 0.771. The highest BCUT2D eigenvalue weighted by atomic mass is 16.5. The average molecular weight is 307 g/mol. The van der Waals surface area contributed by atoms with Crippen LogP contribution in [-0.4, -0.2) is 85.3 Å². The molecule has 1 aliphatic carbocycles. The summed E-state index contributed by atoms with van der Waals surface area (Å²) < 4.78 is 6.34. The van der Waals surface area contributed by atoms with Crippen LogP contribution in [0.2, 0.25) is 0 Å². The van der Waals surface area contributed by atoms with Gasteiger partial charge in [-0.3, -0.25) is 4.90 Å². The van der Waals surface area contributed by atoms with Gasteiger partial charge in [0.05, 0.1) is 12.2 Å². The lowest BCUT2D eigenvalue weighted by Crippen LogP contribution is -2.46. The van der Waals surface area contributed by atoms with E-state index in [-0.39, 0.29) is 5.60 Å². The van der Waals surface area contributed by atoms with E-state index in [0.717, 1.165) is 12.6 Å². The molecule has 1 unspecified atom stereocenters. The van der Waals surface area contributed by atoms with E-state index >= 15 is 0 Å². The highest BCUT2D eigenvalue weighted by Gasteiger charge is 2.45. The summed E-state index contributed by atoms with van der Waals surface area (Å²) in [4.78, 5) is 7.91. The predicted molar refractivity (Wildman–Crippen MR) is 89.2 cm³/mol. The van der Waals surface area contributed by atoms with Crippen molar-refractivity contribution in [3.05, 3.63) is 0 Å². The van der Waals surface area contributed by atoms with E-state index in [1.54, 1.807) is 0 Å². The van der Waals surface area contributed by atoms with Crippen LogP contribution in [0.25, 0.3) is 0 Å². The molecule has 4 rings (SSSR count). The van der Waals surface area contributed by atoms with Gasteiger partial charge >= 0.3 is 0 Å². The maximum Gasteiger partial charge on any atom is 0.0723 e. The predicted octanol–water partition coefficient (Wildman–Crippen LogP) is 1.80. The molecule has 126 valence electrons. The summed E-state index contributed by atoms with van der Waals surface area (Å²) in [5, 5.41) is 0. The van der Waals surface area contributed by atoms with E-state index in [1.807, 2.05) is 0 Å². The Bertz CT molecular complexity index is 371. The molecule has 1 saturated carbocycles. The van der Waals surface area contributed by atoms with Gasteiger partial charge in [-0.25, -0.2) is 0 Å². The number of ether oxygens (including phenoxy) is 1. The molecule has 0 radical (unpaired) electrons. The first kappa shape index (κ1) is 15.4. The van der Waals surface area contributed by atoms with Crippen LogP contribution >= 0.6 is 0 Å². The maximum absolute atomic E-state index is 6.34. The lowest BCUT2D eigenvalue weighted by molar-refractivity contribution is -0.0445. The van der Waals surface area contributed by atoms with Crippen LogP contribution in [0.1, 0.15) is 44.9 Å². The van der Waals surface area contributed by atoms with E-state index < -0.39 is 0 Å². The van der Waals surface area contributed by atoms with E-state index in [1.165, 1.54) is 84.2 Å². The van der Waals surface area contributed by atoms with Gasteiger partial charge in [0.15, 0.2) is 0 Å². The molecule has 0 aromatic heterocycles. The Labute approximate surface area is 135 Å². The zero-order valence-electron chi connectivity index (χ0n) is 14.3. The molecule has 1 atom stereocenters. The Morgan fingerprint density at radius 3 is 2.23 bits per heavy atom. The van der Waals surface area contributed by atoms with Crippen molar-refractivity contribution in [3.8, 4) is 0 Å². The monoisotopic (exact) mass is 307 g/mol. The first-order valence-corrected chi connectivity index (χ1v) is 9.55. The Morgan fingerprint density at radius 2 is 1.59 bits per heavy atom. The lowest BCUT2D eigenvalue weighted by Gasteiger charge is -2.39. The molecule has 0 aromatic carbocycles. The Kier molecular flexibility index (Phi) is 4.46. The Morgan fingerprint density at radius 1 is 0.955 bits per heavy atom. The molecular weight excluding hydrogens is 274 g/mol. The molecule has 3 heterocycles. The van der Waals surface area contributed by atoms with Crippen molar-refractivity contribution in [1.29, 1.82) is 0 Å². The van der Waals surface area contributed by atoms with Crippen LogP contribution in [0.15, 0.2) is 0 Å². The second-order valence-electron chi connectivity index (χ2n) is 8.14. The normalized spacial score (nSPS) is 33.3.